The molecule has 0 aliphatic heterocycles. The van der Waals surface area contributed by atoms with Crippen molar-refractivity contribution in [3.63, 3.8) is 0 Å². The summed E-state index contributed by atoms with van der Waals surface area (Å²) in [6.45, 7) is 14.9. The second-order valence-corrected chi connectivity index (χ2v) is 12.1. The van der Waals surface area contributed by atoms with Crippen LogP contribution in [-0.2, 0) is 10.8 Å². The molecule has 1 rings (SSSR count). The zero-order valence-electron chi connectivity index (χ0n) is 13.5. The Labute approximate surface area is 121 Å². The second kappa shape index (κ2) is 6.71. The predicted octanol–water partition coefficient (Wildman–Crippen LogP) is 4.96. The van der Waals surface area contributed by atoms with Crippen LogP contribution in [0.2, 0.25) is 10.1 Å². The van der Waals surface area contributed by atoms with Crippen LogP contribution in [0.15, 0.2) is 30.3 Å². The zero-order valence-corrected chi connectivity index (χ0v) is 14.6. The van der Waals surface area contributed by atoms with Crippen LogP contribution >= 0.6 is 0 Å². The maximum absolute atomic E-state index is 6.33. The normalized spacial score (nSPS) is 13.0. The van der Waals surface area contributed by atoms with Crippen molar-refractivity contribution in [2.45, 2.75) is 64.5 Å². The average Bonchev–Trinajstić information content (AvgIpc) is 2.26. The van der Waals surface area contributed by atoms with Crippen LogP contribution in [-0.4, -0.2) is 15.6 Å². The Morgan fingerprint density at radius 1 is 0.895 bits per heavy atom. The number of hydrogen-bond donors (Lipinski definition) is 0. The van der Waals surface area contributed by atoms with Gasteiger partial charge in [0.15, 0.2) is 9.04 Å². The lowest BCUT2D eigenvalue weighted by Gasteiger charge is -2.38. The Bertz CT molecular complexity index is 345. The van der Waals surface area contributed by atoms with Gasteiger partial charge >= 0.3 is 0 Å². The summed E-state index contributed by atoms with van der Waals surface area (Å²) in [6.07, 6.45) is 2.25. The number of rotatable bonds is 5. The molecule has 1 nitrogen and oxygen atoms in total. The maximum Gasteiger partial charge on any atom is 0.187 e. The van der Waals surface area contributed by atoms with E-state index in [0.717, 1.165) is 19.4 Å². The molecule has 0 radical (unpaired) electrons. The van der Waals surface area contributed by atoms with Crippen molar-refractivity contribution in [3.05, 3.63) is 35.9 Å². The monoisotopic (exact) mass is 278 g/mol. The Kier molecular flexibility index (Phi) is 5.81. The van der Waals surface area contributed by atoms with Gasteiger partial charge in [-0.05, 0) is 28.5 Å². The van der Waals surface area contributed by atoms with Gasteiger partial charge in [0.25, 0.3) is 0 Å². The smallest absolute Gasteiger partial charge is 0.187 e. The van der Waals surface area contributed by atoms with Gasteiger partial charge < -0.3 is 4.43 Å². The summed E-state index contributed by atoms with van der Waals surface area (Å²) in [5, 5.41) is 0.649. The van der Waals surface area contributed by atoms with Gasteiger partial charge in [-0.15, -0.1) is 0 Å². The third-order valence-corrected chi connectivity index (χ3v) is 7.03. The number of benzene rings is 1. The topological polar surface area (TPSA) is 9.23 Å². The first-order valence-electron chi connectivity index (χ1n) is 7.37. The molecule has 0 atom stereocenters. The molecule has 0 aromatic heterocycles. The van der Waals surface area contributed by atoms with Gasteiger partial charge in [0, 0.05) is 6.61 Å². The van der Waals surface area contributed by atoms with E-state index in [9.17, 15) is 0 Å². The van der Waals surface area contributed by atoms with E-state index in [1.165, 1.54) is 5.56 Å². The van der Waals surface area contributed by atoms with Gasteiger partial charge in [-0.1, -0.05) is 71.9 Å². The summed E-state index contributed by atoms with van der Waals surface area (Å²) in [5.41, 5.74) is 1.41. The van der Waals surface area contributed by atoms with Crippen LogP contribution in [0.5, 0.6) is 0 Å². The first-order valence-corrected chi connectivity index (χ1v) is 8.99. The van der Waals surface area contributed by atoms with E-state index in [0.29, 0.717) is 10.1 Å². The van der Waals surface area contributed by atoms with Gasteiger partial charge in [-0.2, -0.15) is 0 Å². The molecule has 19 heavy (non-hydrogen) atoms. The van der Waals surface area contributed by atoms with Crippen molar-refractivity contribution >= 4 is 9.04 Å². The molecule has 0 aliphatic carbocycles. The maximum atomic E-state index is 6.33. The zero-order chi connectivity index (χ0) is 14.5. The molecule has 108 valence electrons. The second-order valence-electron chi connectivity index (χ2n) is 7.57. The summed E-state index contributed by atoms with van der Waals surface area (Å²) >= 11 is 0. The summed E-state index contributed by atoms with van der Waals surface area (Å²) < 4.78 is 6.33. The van der Waals surface area contributed by atoms with Crippen molar-refractivity contribution in [1.82, 2.24) is 0 Å². The average molecular weight is 279 g/mol. The molecule has 0 saturated heterocycles. The van der Waals surface area contributed by atoms with Crippen molar-refractivity contribution in [1.29, 1.82) is 0 Å². The molecule has 1 aromatic rings. The van der Waals surface area contributed by atoms with Crippen molar-refractivity contribution in [2.75, 3.05) is 6.61 Å². The third-order valence-electron chi connectivity index (χ3n) is 3.31. The van der Waals surface area contributed by atoms with E-state index in [4.69, 9.17) is 4.43 Å². The van der Waals surface area contributed by atoms with E-state index in [2.05, 4.69) is 71.9 Å². The number of aryl methyl sites for hydroxylation is 1. The van der Waals surface area contributed by atoms with E-state index in [1.807, 2.05) is 0 Å². The molecule has 0 unspecified atom stereocenters. The van der Waals surface area contributed by atoms with Crippen LogP contribution < -0.4 is 0 Å². The molecule has 0 amide bonds. The highest BCUT2D eigenvalue weighted by molar-refractivity contribution is 6.58. The Balaban J connectivity index is 2.42. The molecule has 1 aromatic carbocycles. The van der Waals surface area contributed by atoms with E-state index in [1.54, 1.807) is 0 Å². The molecular formula is C17H30OSi. The minimum Gasteiger partial charge on any atom is -0.419 e. The summed E-state index contributed by atoms with van der Waals surface area (Å²) in [7, 11) is -1.24. The fourth-order valence-corrected chi connectivity index (χ4v) is 6.92. The molecular weight excluding hydrogens is 248 g/mol. The van der Waals surface area contributed by atoms with E-state index >= 15 is 0 Å². The molecule has 0 heterocycles. The van der Waals surface area contributed by atoms with Gasteiger partial charge in [-0.25, -0.2) is 0 Å². The van der Waals surface area contributed by atoms with Crippen LogP contribution in [0, 0.1) is 0 Å². The summed E-state index contributed by atoms with van der Waals surface area (Å²) in [4.78, 5) is 0. The van der Waals surface area contributed by atoms with Crippen molar-refractivity contribution < 1.29 is 4.43 Å². The highest BCUT2D eigenvalue weighted by Crippen LogP contribution is 2.42. The fourth-order valence-electron chi connectivity index (χ4n) is 2.92. The molecule has 2 heteroatoms. The molecule has 0 saturated carbocycles. The van der Waals surface area contributed by atoms with Gasteiger partial charge in [0.2, 0.25) is 0 Å². The van der Waals surface area contributed by atoms with Gasteiger partial charge in [0.1, 0.15) is 0 Å². The van der Waals surface area contributed by atoms with E-state index in [-0.39, 0.29) is 0 Å². The van der Waals surface area contributed by atoms with Crippen LogP contribution in [0.1, 0.15) is 53.5 Å². The summed E-state index contributed by atoms with van der Waals surface area (Å²) in [5.74, 6) is 0. The lowest BCUT2D eigenvalue weighted by atomic mass is 10.1. The fraction of sp³-hybridized carbons (Fsp3) is 0.647. The minimum atomic E-state index is -1.24. The van der Waals surface area contributed by atoms with Gasteiger partial charge in [-0.3, -0.25) is 0 Å². The first kappa shape index (κ1) is 16.5. The van der Waals surface area contributed by atoms with Crippen molar-refractivity contribution in [2.24, 2.45) is 0 Å². The van der Waals surface area contributed by atoms with Crippen molar-refractivity contribution in [3.8, 4) is 0 Å². The lowest BCUT2D eigenvalue weighted by Crippen LogP contribution is -2.38. The van der Waals surface area contributed by atoms with E-state index < -0.39 is 9.04 Å². The van der Waals surface area contributed by atoms with Crippen LogP contribution in [0.3, 0.4) is 0 Å². The SMILES string of the molecule is CC(C)(C)[SiH](OCCCc1ccccc1)C(C)(C)C. The number of hydrogen-bond acceptors (Lipinski definition) is 1. The molecule has 0 fully saturated rings. The van der Waals surface area contributed by atoms with Crippen LogP contribution in [0.25, 0.3) is 0 Å². The Hall–Kier alpha value is -0.603. The lowest BCUT2D eigenvalue weighted by molar-refractivity contribution is 0.277. The molecule has 0 spiro atoms. The van der Waals surface area contributed by atoms with Gasteiger partial charge in [0.05, 0.1) is 0 Å². The predicted molar refractivity (Wildman–Crippen MR) is 87.3 cm³/mol. The molecule has 0 N–H and O–H groups in total. The first-order chi connectivity index (χ1) is 8.71. The minimum absolute atomic E-state index is 0.324. The molecule has 0 aliphatic rings. The highest BCUT2D eigenvalue weighted by atomic mass is 28.3. The largest absolute Gasteiger partial charge is 0.419 e. The van der Waals surface area contributed by atoms with Crippen LogP contribution in [0.4, 0.5) is 0 Å². The Morgan fingerprint density at radius 3 is 1.89 bits per heavy atom. The summed E-state index contributed by atoms with van der Waals surface area (Å²) in [6, 6.07) is 10.7. The third kappa shape index (κ3) is 5.92. The quantitative estimate of drug-likeness (QED) is 0.546. The standard InChI is InChI=1S/C17H30OSi/c1-16(2,3)19(17(4,5)6)18-14-10-13-15-11-8-7-9-12-15/h7-9,11-12,19H,10,13-14H2,1-6H3. The highest BCUT2D eigenvalue weighted by Gasteiger charge is 2.37. The molecule has 0 bridgehead atoms. The Morgan fingerprint density at radius 2 is 1.42 bits per heavy atom.